The van der Waals surface area contributed by atoms with Crippen LogP contribution in [-0.2, 0) is 14.8 Å². The van der Waals surface area contributed by atoms with E-state index in [-0.39, 0.29) is 16.5 Å². The minimum Gasteiger partial charge on any atom is -0.325 e. The molecule has 3 rings (SSSR count). The summed E-state index contributed by atoms with van der Waals surface area (Å²) in [5, 5.41) is 2.71. The Kier molecular flexibility index (Phi) is 5.39. The van der Waals surface area contributed by atoms with Crippen LogP contribution < -0.4 is 15.7 Å². The summed E-state index contributed by atoms with van der Waals surface area (Å²) in [6, 6.07) is 10.3. The number of aromatic nitrogens is 2. The lowest BCUT2D eigenvalue weighted by atomic mass is 10.0. The summed E-state index contributed by atoms with van der Waals surface area (Å²) in [6.45, 7) is 5.38. The fourth-order valence-corrected chi connectivity index (χ4v) is 4.12. The highest BCUT2D eigenvalue weighted by atomic mass is 32.2. The fourth-order valence-electron chi connectivity index (χ4n) is 2.78. The number of aromatic amines is 2. The van der Waals surface area contributed by atoms with Gasteiger partial charge in [-0.3, -0.25) is 4.79 Å². The molecule has 28 heavy (non-hydrogen) atoms. The van der Waals surface area contributed by atoms with Crippen LogP contribution in [0.5, 0.6) is 0 Å². The van der Waals surface area contributed by atoms with Crippen LogP contribution in [0.4, 0.5) is 5.69 Å². The third kappa shape index (κ3) is 4.32. The van der Waals surface area contributed by atoms with Gasteiger partial charge in [0, 0.05) is 5.69 Å². The molecule has 0 saturated heterocycles. The number of imidazole rings is 1. The number of aryl methyl sites for hydroxylation is 1. The van der Waals surface area contributed by atoms with Gasteiger partial charge in [-0.25, -0.2) is 13.2 Å². The highest BCUT2D eigenvalue weighted by molar-refractivity contribution is 7.89. The topological polar surface area (TPSA) is 124 Å². The van der Waals surface area contributed by atoms with Gasteiger partial charge >= 0.3 is 5.69 Å². The van der Waals surface area contributed by atoms with Gasteiger partial charge in [-0.05, 0) is 43.2 Å². The number of carbonyl (C=O) groups is 1. The number of fused-ring (bicyclic) bond motifs is 1. The molecule has 4 N–H and O–H groups in total. The summed E-state index contributed by atoms with van der Waals surface area (Å²) in [5.74, 6) is -0.765. The molecule has 0 unspecified atom stereocenters. The zero-order valence-electron chi connectivity index (χ0n) is 15.7. The number of H-pyrrole nitrogens is 2. The predicted octanol–water partition coefficient (Wildman–Crippen LogP) is 2.11. The molecule has 1 amide bonds. The highest BCUT2D eigenvalue weighted by Crippen LogP contribution is 2.17. The fraction of sp³-hybridized carbons (Fsp3) is 0.263. The van der Waals surface area contributed by atoms with E-state index in [9.17, 15) is 18.0 Å². The van der Waals surface area contributed by atoms with Crippen LogP contribution in [0.25, 0.3) is 11.0 Å². The molecule has 148 valence electrons. The molecule has 0 bridgehead atoms. The number of carbonyl (C=O) groups excluding carboxylic acids is 1. The second-order valence-electron chi connectivity index (χ2n) is 6.98. The maximum absolute atomic E-state index is 12.7. The van der Waals surface area contributed by atoms with E-state index in [2.05, 4.69) is 20.0 Å². The Bertz CT molecular complexity index is 1160. The summed E-state index contributed by atoms with van der Waals surface area (Å²) < 4.78 is 27.8. The molecular formula is C19H22N4O4S. The van der Waals surface area contributed by atoms with E-state index in [4.69, 9.17) is 0 Å². The number of sulfonamides is 1. The molecule has 9 heteroatoms. The molecule has 1 atom stereocenters. The minimum atomic E-state index is -3.85. The molecule has 0 aliphatic carbocycles. The lowest BCUT2D eigenvalue weighted by Gasteiger charge is -2.21. The zero-order valence-corrected chi connectivity index (χ0v) is 16.6. The van der Waals surface area contributed by atoms with Crippen molar-refractivity contribution in [3.05, 3.63) is 58.5 Å². The van der Waals surface area contributed by atoms with Crippen molar-refractivity contribution in [3.63, 3.8) is 0 Å². The van der Waals surface area contributed by atoms with Crippen LogP contribution in [-0.4, -0.2) is 30.3 Å². The number of hydrogen-bond acceptors (Lipinski definition) is 4. The molecule has 2 aromatic carbocycles. The first-order chi connectivity index (χ1) is 13.2. The molecule has 1 aromatic heterocycles. The molecule has 0 spiro atoms. The van der Waals surface area contributed by atoms with Crippen LogP contribution in [0, 0.1) is 12.8 Å². The normalized spacial score (nSPS) is 13.0. The molecule has 0 fully saturated rings. The Balaban J connectivity index is 1.81. The highest BCUT2D eigenvalue weighted by Gasteiger charge is 2.28. The van der Waals surface area contributed by atoms with Crippen LogP contribution in [0.1, 0.15) is 19.4 Å². The van der Waals surface area contributed by atoms with Gasteiger partial charge in [0.1, 0.15) is 6.04 Å². The van der Waals surface area contributed by atoms with Crippen LogP contribution >= 0.6 is 0 Å². The summed E-state index contributed by atoms with van der Waals surface area (Å²) in [6.07, 6.45) is 0. The SMILES string of the molecule is Cc1ccc(S(=O)(=O)N[C@H](C(=O)Nc2ccc3[nH]c(=O)[nH]c3c2)C(C)C)cc1. The first-order valence-electron chi connectivity index (χ1n) is 8.77. The van der Waals surface area contributed by atoms with Gasteiger partial charge in [0.15, 0.2) is 0 Å². The Hall–Kier alpha value is -2.91. The average molecular weight is 402 g/mol. The average Bonchev–Trinajstić information content (AvgIpc) is 2.99. The lowest BCUT2D eigenvalue weighted by molar-refractivity contribution is -0.118. The molecule has 8 nitrogen and oxygen atoms in total. The van der Waals surface area contributed by atoms with Crippen molar-refractivity contribution in [2.75, 3.05) is 5.32 Å². The summed E-state index contributed by atoms with van der Waals surface area (Å²) >= 11 is 0. The number of nitrogens with one attached hydrogen (secondary N) is 4. The molecule has 1 heterocycles. The summed E-state index contributed by atoms with van der Waals surface area (Å²) in [7, 11) is -3.85. The van der Waals surface area contributed by atoms with Gasteiger partial charge in [-0.2, -0.15) is 4.72 Å². The molecule has 0 saturated carbocycles. The van der Waals surface area contributed by atoms with E-state index in [0.29, 0.717) is 16.7 Å². The van der Waals surface area contributed by atoms with Gasteiger partial charge in [0.05, 0.1) is 15.9 Å². The summed E-state index contributed by atoms with van der Waals surface area (Å²) in [4.78, 5) is 29.4. The predicted molar refractivity (Wildman–Crippen MR) is 108 cm³/mol. The molecular weight excluding hydrogens is 380 g/mol. The maximum Gasteiger partial charge on any atom is 0.323 e. The third-order valence-corrected chi connectivity index (χ3v) is 5.80. The Labute approximate surface area is 162 Å². The molecule has 0 radical (unpaired) electrons. The quantitative estimate of drug-likeness (QED) is 0.504. The number of hydrogen-bond donors (Lipinski definition) is 4. The molecule has 0 aliphatic rings. The van der Waals surface area contributed by atoms with E-state index in [0.717, 1.165) is 5.56 Å². The van der Waals surface area contributed by atoms with Crippen molar-refractivity contribution >= 4 is 32.7 Å². The monoisotopic (exact) mass is 402 g/mol. The van der Waals surface area contributed by atoms with E-state index < -0.39 is 22.0 Å². The van der Waals surface area contributed by atoms with Gasteiger partial charge < -0.3 is 15.3 Å². The second-order valence-corrected chi connectivity index (χ2v) is 8.70. The van der Waals surface area contributed by atoms with Crippen molar-refractivity contribution in [1.29, 1.82) is 0 Å². The maximum atomic E-state index is 12.7. The van der Waals surface area contributed by atoms with E-state index in [1.807, 2.05) is 6.92 Å². The van der Waals surface area contributed by atoms with E-state index >= 15 is 0 Å². The Morgan fingerprint density at radius 3 is 2.29 bits per heavy atom. The Morgan fingerprint density at radius 2 is 1.64 bits per heavy atom. The van der Waals surface area contributed by atoms with Crippen molar-refractivity contribution in [3.8, 4) is 0 Å². The largest absolute Gasteiger partial charge is 0.325 e. The van der Waals surface area contributed by atoms with Gasteiger partial charge in [-0.15, -0.1) is 0 Å². The van der Waals surface area contributed by atoms with Crippen LogP contribution in [0.15, 0.2) is 52.2 Å². The zero-order chi connectivity index (χ0) is 20.5. The van der Waals surface area contributed by atoms with Gasteiger partial charge in [-0.1, -0.05) is 31.5 Å². The standard InChI is InChI=1S/C19H22N4O4S/c1-11(2)17(23-28(26,27)14-7-4-12(3)5-8-14)18(24)20-13-6-9-15-16(10-13)22-19(25)21-15/h4-11,17,23H,1-3H3,(H,20,24)(H2,21,22,25)/t17-/m0/s1. The van der Waals surface area contributed by atoms with E-state index in [1.165, 1.54) is 12.1 Å². The van der Waals surface area contributed by atoms with Crippen molar-refractivity contribution in [2.24, 2.45) is 5.92 Å². The third-order valence-electron chi connectivity index (χ3n) is 4.35. The van der Waals surface area contributed by atoms with E-state index in [1.54, 1.807) is 44.2 Å². The number of amides is 1. The van der Waals surface area contributed by atoms with Crippen molar-refractivity contribution in [1.82, 2.24) is 14.7 Å². The first kappa shape index (κ1) is 19.8. The van der Waals surface area contributed by atoms with Crippen molar-refractivity contribution in [2.45, 2.75) is 31.7 Å². The molecule has 0 aliphatic heterocycles. The number of rotatable bonds is 6. The van der Waals surface area contributed by atoms with Gasteiger partial charge in [0.25, 0.3) is 0 Å². The number of anilines is 1. The first-order valence-corrected chi connectivity index (χ1v) is 10.3. The smallest absolute Gasteiger partial charge is 0.323 e. The van der Waals surface area contributed by atoms with Crippen molar-refractivity contribution < 1.29 is 13.2 Å². The van der Waals surface area contributed by atoms with Crippen LogP contribution in [0.3, 0.4) is 0 Å². The second kappa shape index (κ2) is 7.61. The Morgan fingerprint density at radius 1 is 1.00 bits per heavy atom. The van der Waals surface area contributed by atoms with Gasteiger partial charge in [0.2, 0.25) is 15.9 Å². The van der Waals surface area contributed by atoms with Crippen LogP contribution in [0.2, 0.25) is 0 Å². The number of benzene rings is 2. The minimum absolute atomic E-state index is 0.0999. The molecule has 3 aromatic rings. The summed E-state index contributed by atoms with van der Waals surface area (Å²) in [5.41, 5.74) is 2.21. The lowest BCUT2D eigenvalue weighted by Crippen LogP contribution is -2.47.